The van der Waals surface area contributed by atoms with Crippen molar-refractivity contribution in [1.82, 2.24) is 0 Å². The molecule has 3 fully saturated rings. The first-order valence-electron chi connectivity index (χ1n) is 12.2. The van der Waals surface area contributed by atoms with E-state index < -0.39 is 47.2 Å². The molecule has 0 amide bonds. The fourth-order valence-corrected chi connectivity index (χ4v) is 7.58. The van der Waals surface area contributed by atoms with Gasteiger partial charge >= 0.3 is 12.3 Å². The van der Waals surface area contributed by atoms with Gasteiger partial charge in [-0.3, -0.25) is 9.59 Å². The van der Waals surface area contributed by atoms with E-state index in [0.29, 0.717) is 6.42 Å². The highest BCUT2D eigenvalue weighted by Crippen LogP contribution is 2.67. The molecule has 0 saturated heterocycles. The van der Waals surface area contributed by atoms with Gasteiger partial charge in [-0.1, -0.05) is 25.5 Å². The Morgan fingerprint density at radius 2 is 1.89 bits per heavy atom. The van der Waals surface area contributed by atoms with E-state index in [2.05, 4.69) is 6.92 Å². The van der Waals surface area contributed by atoms with Crippen LogP contribution < -0.4 is 0 Å². The minimum atomic E-state index is -1.61. The van der Waals surface area contributed by atoms with Crippen LogP contribution in [0, 0.1) is 28.6 Å². The van der Waals surface area contributed by atoms with Crippen molar-refractivity contribution in [2.24, 2.45) is 28.6 Å². The Balaban J connectivity index is 1.68. The second-order valence-corrected chi connectivity index (χ2v) is 10.5. The summed E-state index contributed by atoms with van der Waals surface area (Å²) in [4.78, 5) is 49.6. The van der Waals surface area contributed by atoms with Gasteiger partial charge in [0.25, 0.3) is 0 Å². The zero-order valence-corrected chi connectivity index (χ0v) is 20.7. The maximum atomic E-state index is 13.6. The van der Waals surface area contributed by atoms with E-state index in [-0.39, 0.29) is 43.0 Å². The Hall–Kier alpha value is -2.68. The molecule has 192 valence electrons. The molecule has 9 heteroatoms. The smallest absolute Gasteiger partial charge is 0.438 e. The number of aliphatic hydroxyl groups excluding tert-OH is 1. The first-order valence-corrected chi connectivity index (χ1v) is 12.2. The molecule has 4 rings (SSSR count). The number of rotatable bonds is 5. The third-order valence-corrected chi connectivity index (χ3v) is 9.07. The molecular formula is C26H34O9. The molecule has 7 atom stereocenters. The first kappa shape index (κ1) is 25.4. The van der Waals surface area contributed by atoms with Crippen molar-refractivity contribution < 1.29 is 43.2 Å². The molecule has 4 aliphatic carbocycles. The van der Waals surface area contributed by atoms with Crippen LogP contribution in [0.15, 0.2) is 23.8 Å². The molecule has 0 aromatic heterocycles. The first-order chi connectivity index (χ1) is 16.5. The normalized spacial score (nSPS) is 39.5. The van der Waals surface area contributed by atoms with Gasteiger partial charge in [-0.2, -0.15) is 0 Å². The number of Topliss-reactive ketones (excluding diaryl/α,β-unsaturated/α-hetero) is 1. The predicted octanol–water partition coefficient (Wildman–Crippen LogP) is 3.53. The number of aliphatic hydroxyl groups is 1. The molecule has 1 N–H and O–H groups in total. The fourth-order valence-electron chi connectivity index (χ4n) is 7.58. The molecule has 0 aromatic rings. The maximum absolute atomic E-state index is 13.6. The average Bonchev–Trinajstić information content (AvgIpc) is 3.10. The van der Waals surface area contributed by atoms with E-state index in [4.69, 9.17) is 18.9 Å². The summed E-state index contributed by atoms with van der Waals surface area (Å²) in [5.41, 5.74) is -1.94. The summed E-state index contributed by atoms with van der Waals surface area (Å²) in [5.74, 6) is -0.714. The van der Waals surface area contributed by atoms with Crippen LogP contribution in [0.3, 0.4) is 0 Å². The van der Waals surface area contributed by atoms with Gasteiger partial charge in [0.1, 0.15) is 0 Å². The lowest BCUT2D eigenvalue weighted by Crippen LogP contribution is -2.63. The van der Waals surface area contributed by atoms with E-state index in [1.807, 2.05) is 13.0 Å². The zero-order valence-electron chi connectivity index (χ0n) is 20.7. The molecule has 0 spiro atoms. The van der Waals surface area contributed by atoms with Crippen molar-refractivity contribution in [3.63, 3.8) is 0 Å². The number of allylic oxidation sites excluding steroid dienone is 4. The number of fused-ring (bicyclic) bond motifs is 5. The Labute approximate surface area is 204 Å². The fraction of sp³-hybridized carbons (Fsp3) is 0.692. The largest absolute Gasteiger partial charge is 0.509 e. The SMILES string of the molecule is CCOC(=O)OCC(=O)[C@@]1(OC(=O)OC)CC[C@H]2[C@@H]3CCC4=CC(=O)C=C[C@]4(C)[C@H]3C(O)C[C@@]21C. The van der Waals surface area contributed by atoms with Crippen LogP contribution in [-0.4, -0.2) is 61.0 Å². The standard InChI is InChI=1S/C26H34O9/c1-5-33-23(31)34-14-20(29)26(35-22(30)32-4)11-9-18-17-7-6-15-12-16(27)8-10-24(15,2)21(17)19(28)13-25(18,26)3/h8,10,12,17-19,21,28H,5-7,9,11,13-14H2,1-4H3/t17-,18-,19?,21+,24-,25-,26-/m0/s1. The summed E-state index contributed by atoms with van der Waals surface area (Å²) in [7, 11) is 1.17. The van der Waals surface area contributed by atoms with Crippen molar-refractivity contribution in [2.45, 2.75) is 64.6 Å². The van der Waals surface area contributed by atoms with Crippen LogP contribution in [0.1, 0.15) is 52.9 Å². The average molecular weight is 491 g/mol. The molecule has 0 radical (unpaired) electrons. The van der Waals surface area contributed by atoms with E-state index in [9.17, 15) is 24.3 Å². The summed E-state index contributed by atoms with van der Waals surface area (Å²) >= 11 is 0. The highest BCUT2D eigenvalue weighted by molar-refractivity contribution is 6.01. The van der Waals surface area contributed by atoms with Gasteiger partial charge < -0.3 is 24.1 Å². The summed E-state index contributed by atoms with van der Waals surface area (Å²) in [6.45, 7) is 5.05. The van der Waals surface area contributed by atoms with Crippen molar-refractivity contribution in [1.29, 1.82) is 0 Å². The van der Waals surface area contributed by atoms with Crippen molar-refractivity contribution >= 4 is 23.9 Å². The molecule has 0 heterocycles. The molecule has 1 unspecified atom stereocenters. The predicted molar refractivity (Wildman–Crippen MR) is 122 cm³/mol. The number of ether oxygens (including phenoxy) is 4. The molecule has 4 aliphatic rings. The van der Waals surface area contributed by atoms with Gasteiger partial charge in [0.2, 0.25) is 5.78 Å². The van der Waals surface area contributed by atoms with E-state index in [1.165, 1.54) is 7.11 Å². The molecule has 3 saturated carbocycles. The lowest BCUT2D eigenvalue weighted by molar-refractivity contribution is -0.183. The molecular weight excluding hydrogens is 456 g/mol. The Kier molecular flexibility index (Phi) is 6.59. The van der Waals surface area contributed by atoms with Gasteiger partial charge in [-0.15, -0.1) is 0 Å². The number of hydrogen-bond donors (Lipinski definition) is 1. The number of methoxy groups -OCH3 is 1. The van der Waals surface area contributed by atoms with Gasteiger partial charge in [0.15, 0.2) is 18.0 Å². The van der Waals surface area contributed by atoms with Crippen LogP contribution in [0.5, 0.6) is 0 Å². The maximum Gasteiger partial charge on any atom is 0.509 e. The molecule has 0 aliphatic heterocycles. The lowest BCUT2D eigenvalue weighted by Gasteiger charge is -2.59. The van der Waals surface area contributed by atoms with Gasteiger partial charge in [0.05, 0.1) is 19.8 Å². The molecule has 0 aromatic carbocycles. The van der Waals surface area contributed by atoms with Crippen LogP contribution in [0.2, 0.25) is 0 Å². The van der Waals surface area contributed by atoms with Crippen LogP contribution in [0.25, 0.3) is 0 Å². The van der Waals surface area contributed by atoms with Gasteiger partial charge in [-0.05, 0) is 63.0 Å². The van der Waals surface area contributed by atoms with Crippen molar-refractivity contribution in [2.75, 3.05) is 20.3 Å². The van der Waals surface area contributed by atoms with Crippen LogP contribution in [0.4, 0.5) is 9.59 Å². The summed E-state index contributed by atoms with van der Waals surface area (Å²) in [6.07, 6.45) is 4.93. The van der Waals surface area contributed by atoms with Crippen molar-refractivity contribution in [3.8, 4) is 0 Å². The van der Waals surface area contributed by atoms with Gasteiger partial charge in [-0.25, -0.2) is 9.59 Å². The number of carbonyl (C=O) groups is 4. The number of ketones is 2. The third-order valence-electron chi connectivity index (χ3n) is 9.07. The lowest BCUT2D eigenvalue weighted by atomic mass is 9.46. The second-order valence-electron chi connectivity index (χ2n) is 10.5. The topological polar surface area (TPSA) is 125 Å². The summed E-state index contributed by atoms with van der Waals surface area (Å²) < 4.78 is 20.2. The van der Waals surface area contributed by atoms with Crippen LogP contribution >= 0.6 is 0 Å². The summed E-state index contributed by atoms with van der Waals surface area (Å²) in [5, 5.41) is 11.5. The monoisotopic (exact) mass is 490 g/mol. The highest BCUT2D eigenvalue weighted by atomic mass is 16.7. The van der Waals surface area contributed by atoms with E-state index in [0.717, 1.165) is 18.4 Å². The zero-order chi connectivity index (χ0) is 25.6. The Morgan fingerprint density at radius 3 is 2.57 bits per heavy atom. The number of carbonyl (C=O) groups excluding carboxylic acids is 4. The minimum Gasteiger partial charge on any atom is -0.438 e. The van der Waals surface area contributed by atoms with E-state index >= 15 is 0 Å². The Bertz CT molecular complexity index is 983. The second kappa shape index (κ2) is 9.08. The summed E-state index contributed by atoms with van der Waals surface area (Å²) in [6, 6.07) is 0. The molecule has 9 nitrogen and oxygen atoms in total. The molecule has 0 bridgehead atoms. The minimum absolute atomic E-state index is 0.0310. The van der Waals surface area contributed by atoms with Gasteiger partial charge in [0, 0.05) is 16.7 Å². The Morgan fingerprint density at radius 1 is 1.14 bits per heavy atom. The van der Waals surface area contributed by atoms with E-state index in [1.54, 1.807) is 19.1 Å². The third kappa shape index (κ3) is 3.88. The number of hydrogen-bond acceptors (Lipinski definition) is 9. The molecule has 35 heavy (non-hydrogen) atoms. The quantitative estimate of drug-likeness (QED) is 0.576. The van der Waals surface area contributed by atoms with Crippen LogP contribution in [-0.2, 0) is 28.5 Å². The highest BCUT2D eigenvalue weighted by Gasteiger charge is 2.70. The van der Waals surface area contributed by atoms with Crippen molar-refractivity contribution in [3.05, 3.63) is 23.8 Å².